The van der Waals surface area contributed by atoms with Gasteiger partial charge >= 0.3 is 0 Å². The summed E-state index contributed by atoms with van der Waals surface area (Å²) in [6, 6.07) is 9.14. The number of anilines is 1. The summed E-state index contributed by atoms with van der Waals surface area (Å²) in [5.74, 6) is 3.45. The molecule has 0 amide bonds. The van der Waals surface area contributed by atoms with Crippen LogP contribution in [0.15, 0.2) is 36.7 Å². The molecule has 0 spiro atoms. The number of hydrogen-bond donors (Lipinski definition) is 1. The number of benzene rings is 2. The van der Waals surface area contributed by atoms with Crippen molar-refractivity contribution in [3.63, 3.8) is 0 Å². The second-order valence-corrected chi connectivity index (χ2v) is 6.66. The van der Waals surface area contributed by atoms with E-state index in [1.54, 1.807) is 35.5 Å². The average molecular weight is 437 g/mol. The Hall–Kier alpha value is -4.21. The second-order valence-electron chi connectivity index (χ2n) is 6.66. The third-order valence-electron chi connectivity index (χ3n) is 5.02. The quantitative estimate of drug-likeness (QED) is 0.465. The lowest BCUT2D eigenvalue weighted by atomic mass is 10.1. The van der Waals surface area contributed by atoms with Crippen LogP contribution < -0.4 is 29.4 Å². The number of nitrogens with two attached hydrogens (primary N) is 1. The van der Waals surface area contributed by atoms with Crippen LogP contribution in [0.2, 0.25) is 0 Å². The lowest BCUT2D eigenvalue weighted by Gasteiger charge is -2.16. The first-order valence-electron chi connectivity index (χ1n) is 9.57. The van der Waals surface area contributed by atoms with Gasteiger partial charge in [-0.2, -0.15) is 0 Å². The Morgan fingerprint density at radius 2 is 1.41 bits per heavy atom. The molecule has 2 N–H and O–H groups in total. The lowest BCUT2D eigenvalue weighted by Crippen LogP contribution is -2.02. The van der Waals surface area contributed by atoms with E-state index in [-0.39, 0.29) is 5.82 Å². The molecule has 4 rings (SSSR count). The van der Waals surface area contributed by atoms with Crippen LogP contribution >= 0.6 is 0 Å². The number of ether oxygens (including phenoxy) is 5. The van der Waals surface area contributed by atoms with Gasteiger partial charge in [-0.25, -0.2) is 15.0 Å². The molecular formula is C22H23N5O5. The molecule has 0 aliphatic carbocycles. The maximum Gasteiger partial charge on any atom is 0.203 e. The summed E-state index contributed by atoms with van der Waals surface area (Å²) in [5.41, 5.74) is 8.56. The van der Waals surface area contributed by atoms with Gasteiger partial charge in [-0.05, 0) is 24.3 Å². The largest absolute Gasteiger partial charge is 0.493 e. The fraction of sp³-hybridized carbons (Fsp3) is 0.227. The van der Waals surface area contributed by atoms with Crippen molar-refractivity contribution in [2.24, 2.45) is 0 Å². The van der Waals surface area contributed by atoms with E-state index >= 15 is 0 Å². The Morgan fingerprint density at radius 3 is 2.00 bits per heavy atom. The van der Waals surface area contributed by atoms with Crippen LogP contribution in [-0.2, 0) is 0 Å². The highest BCUT2D eigenvalue weighted by atomic mass is 16.5. The number of nitrogens with zero attached hydrogens (tertiary/aromatic N) is 4. The number of rotatable bonds is 7. The highest BCUT2D eigenvalue weighted by molar-refractivity contribution is 5.87. The number of fused-ring (bicyclic) bond motifs is 1. The molecule has 0 aliphatic heterocycles. The molecule has 10 nitrogen and oxygen atoms in total. The summed E-state index contributed by atoms with van der Waals surface area (Å²) in [5, 5.41) is 0. The molecule has 0 unspecified atom stereocenters. The zero-order valence-corrected chi connectivity index (χ0v) is 18.4. The van der Waals surface area contributed by atoms with Crippen molar-refractivity contribution in [2.75, 3.05) is 41.3 Å². The van der Waals surface area contributed by atoms with Gasteiger partial charge in [-0.3, -0.25) is 4.57 Å². The lowest BCUT2D eigenvalue weighted by molar-refractivity contribution is 0.324. The van der Waals surface area contributed by atoms with Gasteiger partial charge in [-0.1, -0.05) is 0 Å². The highest BCUT2D eigenvalue weighted by Gasteiger charge is 2.22. The Bertz CT molecular complexity index is 1260. The van der Waals surface area contributed by atoms with E-state index in [9.17, 15) is 0 Å². The molecule has 0 aliphatic rings. The van der Waals surface area contributed by atoms with Crippen molar-refractivity contribution in [3.8, 4) is 45.8 Å². The van der Waals surface area contributed by atoms with Gasteiger partial charge < -0.3 is 29.4 Å². The Morgan fingerprint density at radius 1 is 0.750 bits per heavy atom. The molecule has 166 valence electrons. The van der Waals surface area contributed by atoms with Crippen LogP contribution in [0, 0.1) is 0 Å². The summed E-state index contributed by atoms with van der Waals surface area (Å²) in [4.78, 5) is 13.3. The van der Waals surface area contributed by atoms with E-state index < -0.39 is 0 Å². The van der Waals surface area contributed by atoms with Gasteiger partial charge in [0.15, 0.2) is 40.0 Å². The van der Waals surface area contributed by atoms with Gasteiger partial charge in [-0.15, -0.1) is 0 Å². The zero-order valence-electron chi connectivity index (χ0n) is 18.4. The van der Waals surface area contributed by atoms with Crippen LogP contribution in [0.4, 0.5) is 5.82 Å². The average Bonchev–Trinajstić information content (AvgIpc) is 3.23. The molecule has 0 fully saturated rings. The molecule has 0 saturated carbocycles. The third kappa shape index (κ3) is 3.35. The van der Waals surface area contributed by atoms with Crippen molar-refractivity contribution in [1.29, 1.82) is 0 Å². The van der Waals surface area contributed by atoms with E-state index in [1.165, 1.54) is 6.33 Å². The molecule has 2 heterocycles. The normalized spacial score (nSPS) is 10.8. The van der Waals surface area contributed by atoms with Gasteiger partial charge in [0.2, 0.25) is 5.75 Å². The SMILES string of the molecule is COc1ccc(-n2c(-c3cc(OC)c(OC)c(OC)c3)nc3c(N)ncnc32)cc1OC. The standard InChI is InChI=1S/C22H23N5O5/c1-28-14-7-6-13(10-15(14)29-2)27-21(26-18-20(23)24-11-25-22(18)27)12-8-16(30-3)19(32-5)17(9-12)31-4/h6-11H,1-5H3,(H2,23,24,25). The molecule has 4 aromatic rings. The van der Waals surface area contributed by atoms with E-state index in [2.05, 4.69) is 9.97 Å². The van der Waals surface area contributed by atoms with E-state index in [0.29, 0.717) is 51.3 Å². The minimum atomic E-state index is 0.267. The van der Waals surface area contributed by atoms with Crippen molar-refractivity contribution in [1.82, 2.24) is 19.5 Å². The maximum absolute atomic E-state index is 6.11. The predicted molar refractivity (Wildman–Crippen MR) is 119 cm³/mol. The molecule has 2 aromatic heterocycles. The first kappa shape index (κ1) is 21.0. The Kier molecular flexibility index (Phi) is 5.59. The summed E-state index contributed by atoms with van der Waals surface area (Å²) in [7, 11) is 7.83. The number of imidazole rings is 1. The van der Waals surface area contributed by atoms with Gasteiger partial charge in [0.1, 0.15) is 12.2 Å². The van der Waals surface area contributed by atoms with Crippen molar-refractivity contribution in [2.45, 2.75) is 0 Å². The van der Waals surface area contributed by atoms with Crippen molar-refractivity contribution < 1.29 is 23.7 Å². The van der Waals surface area contributed by atoms with Crippen LogP contribution in [-0.4, -0.2) is 55.1 Å². The van der Waals surface area contributed by atoms with Gasteiger partial charge in [0, 0.05) is 11.6 Å². The number of nitrogen functional groups attached to an aromatic ring is 1. The maximum atomic E-state index is 6.11. The van der Waals surface area contributed by atoms with Crippen LogP contribution in [0.1, 0.15) is 0 Å². The minimum Gasteiger partial charge on any atom is -0.493 e. The second kappa shape index (κ2) is 8.50. The number of methoxy groups -OCH3 is 5. The summed E-state index contributed by atoms with van der Waals surface area (Å²) >= 11 is 0. The minimum absolute atomic E-state index is 0.267. The van der Waals surface area contributed by atoms with Gasteiger partial charge in [0.05, 0.1) is 41.2 Å². The van der Waals surface area contributed by atoms with Crippen molar-refractivity contribution in [3.05, 3.63) is 36.7 Å². The monoisotopic (exact) mass is 437 g/mol. The predicted octanol–water partition coefficient (Wildman–Crippen LogP) is 3.11. The Balaban J connectivity index is 2.05. The molecule has 0 saturated heterocycles. The number of aromatic nitrogens is 4. The molecule has 32 heavy (non-hydrogen) atoms. The molecule has 0 atom stereocenters. The van der Waals surface area contributed by atoms with E-state index in [0.717, 1.165) is 5.69 Å². The summed E-state index contributed by atoms with van der Waals surface area (Å²) in [6.45, 7) is 0. The van der Waals surface area contributed by atoms with Crippen LogP contribution in [0.5, 0.6) is 28.7 Å². The smallest absolute Gasteiger partial charge is 0.203 e. The number of hydrogen-bond acceptors (Lipinski definition) is 9. The van der Waals surface area contributed by atoms with E-state index in [1.807, 2.05) is 34.9 Å². The summed E-state index contributed by atoms with van der Waals surface area (Å²) in [6.07, 6.45) is 1.40. The molecular weight excluding hydrogens is 414 g/mol. The van der Waals surface area contributed by atoms with Gasteiger partial charge in [0.25, 0.3) is 0 Å². The topological polar surface area (TPSA) is 116 Å². The van der Waals surface area contributed by atoms with Crippen molar-refractivity contribution >= 4 is 17.0 Å². The first-order valence-corrected chi connectivity index (χ1v) is 9.57. The fourth-order valence-corrected chi connectivity index (χ4v) is 3.52. The molecule has 0 radical (unpaired) electrons. The third-order valence-corrected chi connectivity index (χ3v) is 5.02. The summed E-state index contributed by atoms with van der Waals surface area (Å²) < 4.78 is 29.2. The first-order chi connectivity index (χ1) is 15.6. The zero-order chi connectivity index (χ0) is 22.8. The Labute approximate surface area is 184 Å². The van der Waals surface area contributed by atoms with E-state index in [4.69, 9.17) is 34.4 Å². The molecule has 10 heteroatoms. The molecule has 0 bridgehead atoms. The highest BCUT2D eigenvalue weighted by Crippen LogP contribution is 2.42. The van der Waals surface area contributed by atoms with Crippen LogP contribution in [0.25, 0.3) is 28.2 Å². The molecule has 2 aromatic carbocycles. The van der Waals surface area contributed by atoms with Crippen LogP contribution in [0.3, 0.4) is 0 Å². The fourth-order valence-electron chi connectivity index (χ4n) is 3.52.